The normalized spacial score (nSPS) is 11.0. The van der Waals surface area contributed by atoms with Crippen molar-refractivity contribution in [1.29, 1.82) is 0 Å². The summed E-state index contributed by atoms with van der Waals surface area (Å²) in [5.74, 6) is -0.549. The van der Waals surface area contributed by atoms with Gasteiger partial charge in [0.05, 0.1) is 29.3 Å². The van der Waals surface area contributed by atoms with E-state index in [4.69, 9.17) is 16.0 Å². The maximum atomic E-state index is 12.1. The van der Waals surface area contributed by atoms with Crippen molar-refractivity contribution in [3.63, 3.8) is 0 Å². The number of hydrogen-bond acceptors (Lipinski definition) is 5. The Labute approximate surface area is 124 Å². The van der Waals surface area contributed by atoms with Crippen molar-refractivity contribution < 1.29 is 13.9 Å². The molecule has 1 aromatic carbocycles. The van der Waals surface area contributed by atoms with Crippen LogP contribution in [0.2, 0.25) is 5.02 Å². The fourth-order valence-corrected chi connectivity index (χ4v) is 2.39. The summed E-state index contributed by atoms with van der Waals surface area (Å²) in [6.45, 7) is 1.68. The lowest BCUT2D eigenvalue weighted by Gasteiger charge is -2.07. The number of pyridine rings is 1. The fourth-order valence-electron chi connectivity index (χ4n) is 2.21. The number of hydrogen-bond donors (Lipinski definition) is 0. The van der Waals surface area contributed by atoms with Crippen molar-refractivity contribution in [2.45, 2.75) is 6.92 Å². The highest BCUT2D eigenvalue weighted by Gasteiger charge is 2.16. The highest BCUT2D eigenvalue weighted by Crippen LogP contribution is 2.26. The molecule has 0 atom stereocenters. The van der Waals surface area contributed by atoms with Crippen molar-refractivity contribution in [2.24, 2.45) is 0 Å². The number of methoxy groups -OCH3 is 1. The molecular weight excluding hydrogens is 294 g/mol. The zero-order chi connectivity index (χ0) is 15.1. The molecular formula is C15H10ClNO4. The SMILES string of the molecule is COC(=O)c1cc2c(=O)oc3ccc(Cl)cc3c2nc1C. The van der Waals surface area contributed by atoms with Crippen molar-refractivity contribution in [3.05, 3.63) is 51.0 Å². The monoisotopic (exact) mass is 303 g/mol. The van der Waals surface area contributed by atoms with Crippen LogP contribution in [0.1, 0.15) is 16.1 Å². The molecule has 0 saturated carbocycles. The molecule has 0 N–H and O–H groups in total. The largest absolute Gasteiger partial charge is 0.465 e. The van der Waals surface area contributed by atoms with E-state index in [-0.39, 0.29) is 10.9 Å². The Morgan fingerprint density at radius 2 is 2.05 bits per heavy atom. The van der Waals surface area contributed by atoms with E-state index in [1.165, 1.54) is 13.2 Å². The van der Waals surface area contributed by atoms with Crippen molar-refractivity contribution >= 4 is 39.4 Å². The third kappa shape index (κ3) is 2.15. The molecule has 0 unspecified atom stereocenters. The second kappa shape index (κ2) is 4.86. The van der Waals surface area contributed by atoms with Gasteiger partial charge in [-0.25, -0.2) is 9.59 Å². The minimum Gasteiger partial charge on any atom is -0.465 e. The van der Waals surface area contributed by atoms with Gasteiger partial charge in [-0.1, -0.05) is 11.6 Å². The van der Waals surface area contributed by atoms with Gasteiger partial charge >= 0.3 is 11.6 Å². The molecule has 0 spiro atoms. The summed E-state index contributed by atoms with van der Waals surface area (Å²) < 4.78 is 9.91. The maximum Gasteiger partial charge on any atom is 0.345 e. The third-order valence-electron chi connectivity index (χ3n) is 3.24. The molecule has 5 nitrogen and oxygen atoms in total. The first-order valence-corrected chi connectivity index (χ1v) is 6.51. The Morgan fingerprint density at radius 1 is 1.29 bits per heavy atom. The number of aryl methyl sites for hydroxylation is 1. The third-order valence-corrected chi connectivity index (χ3v) is 3.47. The molecule has 3 rings (SSSR count). The molecule has 3 aromatic rings. The molecule has 106 valence electrons. The van der Waals surface area contributed by atoms with E-state index in [1.54, 1.807) is 25.1 Å². The number of fused-ring (bicyclic) bond motifs is 3. The zero-order valence-electron chi connectivity index (χ0n) is 11.3. The first-order valence-electron chi connectivity index (χ1n) is 6.13. The van der Waals surface area contributed by atoms with Gasteiger partial charge in [-0.2, -0.15) is 0 Å². The van der Waals surface area contributed by atoms with Crippen LogP contribution in [0.4, 0.5) is 0 Å². The van der Waals surface area contributed by atoms with Gasteiger partial charge in [0.25, 0.3) is 0 Å². The summed E-state index contributed by atoms with van der Waals surface area (Å²) in [6.07, 6.45) is 0. The second-order valence-corrected chi connectivity index (χ2v) is 4.98. The van der Waals surface area contributed by atoms with Crippen LogP contribution < -0.4 is 5.63 Å². The topological polar surface area (TPSA) is 69.4 Å². The lowest BCUT2D eigenvalue weighted by atomic mass is 10.1. The summed E-state index contributed by atoms with van der Waals surface area (Å²) in [7, 11) is 1.27. The smallest absolute Gasteiger partial charge is 0.345 e. The van der Waals surface area contributed by atoms with Crippen LogP contribution in [0.5, 0.6) is 0 Å². The van der Waals surface area contributed by atoms with Gasteiger partial charge in [0.2, 0.25) is 0 Å². The standard InChI is InChI=1S/C15H10ClNO4/c1-7-9(14(18)20-2)6-11-13(17-7)10-5-8(16)3-4-12(10)21-15(11)19/h3-6H,1-2H3. The van der Waals surface area contributed by atoms with E-state index in [0.717, 1.165) is 0 Å². The van der Waals surface area contributed by atoms with Gasteiger partial charge in [-0.3, -0.25) is 4.98 Å². The van der Waals surface area contributed by atoms with Gasteiger partial charge in [-0.15, -0.1) is 0 Å². The van der Waals surface area contributed by atoms with E-state index >= 15 is 0 Å². The molecule has 6 heteroatoms. The summed E-state index contributed by atoms with van der Waals surface area (Å²) >= 11 is 5.98. The van der Waals surface area contributed by atoms with Gasteiger partial charge in [0.1, 0.15) is 5.58 Å². The molecule has 0 aliphatic heterocycles. The number of halogens is 1. The number of rotatable bonds is 1. The molecule has 0 radical (unpaired) electrons. The summed E-state index contributed by atoms with van der Waals surface area (Å²) in [5.41, 5.74) is 1.00. The molecule has 0 saturated heterocycles. The minimum absolute atomic E-state index is 0.218. The lowest BCUT2D eigenvalue weighted by molar-refractivity contribution is 0.0599. The number of esters is 1. The fraction of sp³-hybridized carbons (Fsp3) is 0.133. The Balaban J connectivity index is 2.48. The van der Waals surface area contributed by atoms with Crippen LogP contribution >= 0.6 is 11.6 Å². The van der Waals surface area contributed by atoms with Crippen LogP contribution in [0.25, 0.3) is 21.9 Å². The average Bonchev–Trinajstić information content (AvgIpc) is 2.47. The average molecular weight is 304 g/mol. The highest BCUT2D eigenvalue weighted by atomic mass is 35.5. The first kappa shape index (κ1) is 13.6. The van der Waals surface area contributed by atoms with E-state index < -0.39 is 11.6 Å². The van der Waals surface area contributed by atoms with Crippen LogP contribution in [-0.2, 0) is 4.74 Å². The van der Waals surface area contributed by atoms with Gasteiger partial charge in [-0.05, 0) is 31.2 Å². The predicted octanol–water partition coefficient (Wildman–Crippen LogP) is 3.09. The summed E-state index contributed by atoms with van der Waals surface area (Å²) in [5, 5.41) is 1.35. The number of nitrogens with zero attached hydrogens (tertiary/aromatic N) is 1. The zero-order valence-corrected chi connectivity index (χ0v) is 12.0. The Bertz CT molecular complexity index is 946. The number of carbonyl (C=O) groups excluding carboxylic acids is 1. The van der Waals surface area contributed by atoms with E-state index in [1.807, 2.05) is 0 Å². The molecule has 0 amide bonds. The molecule has 0 bridgehead atoms. The number of carbonyl (C=O) groups is 1. The first-order chi connectivity index (χ1) is 10.0. The van der Waals surface area contributed by atoms with Gasteiger partial charge in [0, 0.05) is 10.4 Å². The molecule has 2 aromatic heterocycles. The van der Waals surface area contributed by atoms with Crippen molar-refractivity contribution in [2.75, 3.05) is 7.11 Å². The van der Waals surface area contributed by atoms with E-state index in [9.17, 15) is 9.59 Å². The molecule has 0 aliphatic carbocycles. The van der Waals surface area contributed by atoms with E-state index in [2.05, 4.69) is 9.72 Å². The quantitative estimate of drug-likeness (QED) is 0.392. The minimum atomic E-state index is -0.558. The van der Waals surface area contributed by atoms with Gasteiger partial charge in [0.15, 0.2) is 0 Å². The van der Waals surface area contributed by atoms with Gasteiger partial charge < -0.3 is 9.15 Å². The van der Waals surface area contributed by atoms with Crippen molar-refractivity contribution in [3.8, 4) is 0 Å². The summed E-state index contributed by atoms with van der Waals surface area (Å²) in [6, 6.07) is 6.36. The van der Waals surface area contributed by atoms with Crippen LogP contribution in [0.15, 0.2) is 33.5 Å². The highest BCUT2D eigenvalue weighted by molar-refractivity contribution is 6.31. The summed E-state index contributed by atoms with van der Waals surface area (Å²) in [4.78, 5) is 28.1. The maximum absolute atomic E-state index is 12.1. The van der Waals surface area contributed by atoms with Crippen molar-refractivity contribution in [1.82, 2.24) is 4.98 Å². The Morgan fingerprint density at radius 3 is 2.76 bits per heavy atom. The Hall–Kier alpha value is -2.40. The lowest BCUT2D eigenvalue weighted by Crippen LogP contribution is -2.09. The second-order valence-electron chi connectivity index (χ2n) is 4.54. The van der Waals surface area contributed by atoms with Crippen LogP contribution in [-0.4, -0.2) is 18.1 Å². The number of aromatic nitrogens is 1. The molecule has 21 heavy (non-hydrogen) atoms. The van der Waals surface area contributed by atoms with Crippen LogP contribution in [0, 0.1) is 6.92 Å². The molecule has 0 aliphatic rings. The molecule has 0 fully saturated rings. The molecule has 2 heterocycles. The Kier molecular flexibility index (Phi) is 3.14. The predicted molar refractivity (Wildman–Crippen MR) is 78.9 cm³/mol. The number of benzene rings is 1. The number of ether oxygens (including phenoxy) is 1. The van der Waals surface area contributed by atoms with Crippen LogP contribution in [0.3, 0.4) is 0 Å². The van der Waals surface area contributed by atoms with E-state index in [0.29, 0.717) is 27.2 Å².